The molecule has 0 radical (unpaired) electrons. The number of hydrogen-bond acceptors (Lipinski definition) is 10. The van der Waals surface area contributed by atoms with Gasteiger partial charge >= 0.3 is 5.97 Å². The Morgan fingerprint density at radius 3 is 1.32 bits per heavy atom. The van der Waals surface area contributed by atoms with Crippen LogP contribution < -0.4 is 20.9 Å². The first kappa shape index (κ1) is 81.8. The molecule has 11 rings (SSSR count). The monoisotopic (exact) mass is 1280 g/mol. The molecular formula is C80H105N7O7. The molecule has 3 N–H and O–H groups in total. The van der Waals surface area contributed by atoms with Gasteiger partial charge in [0.2, 0.25) is 17.6 Å². The van der Waals surface area contributed by atoms with E-state index in [2.05, 4.69) is 128 Å². The van der Waals surface area contributed by atoms with E-state index in [9.17, 15) is 19.2 Å². The molecule has 94 heavy (non-hydrogen) atoms. The van der Waals surface area contributed by atoms with Crippen molar-refractivity contribution >= 4 is 29.3 Å². The maximum absolute atomic E-state index is 11.9. The molecule has 4 unspecified atom stereocenters. The number of terminal acetylenes is 4. The standard InChI is InChI=1S/C17H13NO.C12H17NO.C12H16O2.C11H17N.C11H16O.C4H7N.C4H6O.C4H4O.C3H4.C2H5N3/c1-13(19)18-12-16-8-3-2-6-14(16)10-11-15-7-4-5-9-17(15)18;1-9(14)13-8-12-10-6-4-2-3-5-7-11(10)12;1-9(13)14-8-12-10-6-4-2-3-5-7-11(10)12;2*1-12-8-11-9-6-4-2-3-5-7-10(9)11;2*1-3-4-5-2;1-3-4(2)5;1-3-2;1-2-4-5-3/h2-9H,12H2,1H3;10-12H,4-8H2,1H3,(H,13,14);10-12H,4-8H2,1H3;9-12H,4-8H2,1H3;9-11H,4-8H2,1H3;1,5H,4H2,2H3;1H,4H2,2H3;1H,2H3;1H,2H3;2H2,1H3/t;2*10-,11+,12?;2*9-,10+,11?;;;;;. The van der Waals surface area contributed by atoms with Crippen LogP contribution in [0.5, 0.6) is 0 Å². The summed E-state index contributed by atoms with van der Waals surface area (Å²) in [5, 5.41) is 12.1. The van der Waals surface area contributed by atoms with Gasteiger partial charge in [-0.05, 0) is 185 Å². The van der Waals surface area contributed by atoms with Gasteiger partial charge in [-0.25, -0.2) is 0 Å². The largest absolute Gasteiger partial charge is 0.466 e. The van der Waals surface area contributed by atoms with Crippen molar-refractivity contribution in [1.82, 2.24) is 16.0 Å². The number of hydrogen-bond donors (Lipinski definition) is 3. The Labute approximate surface area is 566 Å². The van der Waals surface area contributed by atoms with Gasteiger partial charge in [-0.3, -0.25) is 19.2 Å². The summed E-state index contributed by atoms with van der Waals surface area (Å²) in [4.78, 5) is 47.2. The van der Waals surface area contributed by atoms with Gasteiger partial charge in [0, 0.05) is 129 Å². The number of benzene rings is 2. The summed E-state index contributed by atoms with van der Waals surface area (Å²) in [6.45, 7) is 15.4. The normalized spacial score (nSPS) is 23.9. The van der Waals surface area contributed by atoms with Crippen molar-refractivity contribution in [3.8, 4) is 109 Å². The lowest BCUT2D eigenvalue weighted by Gasteiger charge is -2.24. The Morgan fingerprint density at radius 2 is 1.00 bits per heavy atom. The molecule has 0 aromatic heterocycles. The molecule has 0 saturated heterocycles. The van der Waals surface area contributed by atoms with Crippen LogP contribution in [-0.2, 0) is 39.9 Å². The van der Waals surface area contributed by atoms with E-state index in [0.29, 0.717) is 38.8 Å². The van der Waals surface area contributed by atoms with Crippen molar-refractivity contribution in [2.75, 3.05) is 79.2 Å². The minimum absolute atomic E-state index is 0.0333. The van der Waals surface area contributed by atoms with Gasteiger partial charge in [0.25, 0.3) is 0 Å². The number of fused-ring (bicyclic) bond motifs is 6. The molecule has 0 spiro atoms. The number of nitrogens with zero attached hydrogens (tertiary/aromatic N) is 4. The summed E-state index contributed by atoms with van der Waals surface area (Å²) in [6.07, 6.45) is 37.6. The topological polar surface area (TPSA) is 184 Å². The lowest BCUT2D eigenvalue weighted by molar-refractivity contribution is -0.141. The van der Waals surface area contributed by atoms with Crippen LogP contribution in [0, 0.1) is 180 Å². The second kappa shape index (κ2) is 50.2. The maximum atomic E-state index is 11.9. The molecule has 2 amide bonds. The first-order valence-electron chi connectivity index (χ1n) is 33.3. The molecule has 502 valence electrons. The number of Topliss-reactive ketones (excluding diaryl/α,β-unsaturated/α-hetero) is 1. The van der Waals surface area contributed by atoms with Crippen molar-refractivity contribution in [3.63, 3.8) is 0 Å². The zero-order valence-electron chi connectivity index (χ0n) is 58.0. The third kappa shape index (κ3) is 33.5. The quantitative estimate of drug-likeness (QED) is 0.0492. The van der Waals surface area contributed by atoms with Crippen LogP contribution in [0.4, 0.5) is 5.69 Å². The summed E-state index contributed by atoms with van der Waals surface area (Å²) >= 11 is 0. The van der Waals surface area contributed by atoms with Gasteiger partial charge in [-0.15, -0.1) is 79.0 Å². The fraction of sp³-hybridized carbons (Fsp3) is 0.575. The Balaban J connectivity index is 0.000000372. The van der Waals surface area contributed by atoms with E-state index >= 15 is 0 Å². The molecule has 1 heterocycles. The molecule has 4 saturated carbocycles. The van der Waals surface area contributed by atoms with Gasteiger partial charge in [-0.1, -0.05) is 66.1 Å². The van der Waals surface area contributed by atoms with Gasteiger partial charge < -0.3 is 35.1 Å². The highest BCUT2D eigenvalue weighted by atomic mass is 16.5. The molecule has 8 aliphatic carbocycles. The number of carbonyl (C=O) groups excluding carboxylic acids is 4. The number of rotatable bonds is 11. The van der Waals surface area contributed by atoms with E-state index in [4.69, 9.17) is 27.9 Å². The number of methoxy groups -OCH3 is 2. The molecule has 2 aromatic rings. The zero-order valence-corrected chi connectivity index (χ0v) is 58.0. The van der Waals surface area contributed by atoms with E-state index in [-0.39, 0.29) is 23.6 Å². The molecule has 12 atom stereocenters. The first-order valence-corrected chi connectivity index (χ1v) is 33.3. The number of amides is 2. The third-order valence-electron chi connectivity index (χ3n) is 17.4. The van der Waals surface area contributed by atoms with Crippen molar-refractivity contribution in [1.29, 1.82) is 0 Å². The van der Waals surface area contributed by atoms with E-state index in [1.165, 1.54) is 71.8 Å². The van der Waals surface area contributed by atoms with Crippen LogP contribution in [0.1, 0.15) is 161 Å². The van der Waals surface area contributed by atoms with Crippen LogP contribution >= 0.6 is 0 Å². The Hall–Kier alpha value is -8.29. The average Bonchev–Trinajstić information content (AvgIpc) is 1.57. The number of ketones is 1. The van der Waals surface area contributed by atoms with Crippen molar-refractivity contribution in [3.05, 3.63) is 75.7 Å². The SMILES string of the molecule is C#CC.C#CC(C)=O.C#CCNC.C#CCOC.CC(=O)N1Cc2ccccc2C#Cc2ccccc21.CC(=O)NCC1[C@H]2CCC#CCC[C@@H]12.CC(=O)OCC1[C@H]2CCC#CCC[C@@H]12.CCN=[N+]=[N-].CNCC1[C@H]2CCC#CCC[C@@H]12.COCC1[C@H]2CCC#CCC[C@@H]12. The van der Waals surface area contributed by atoms with Crippen LogP contribution in [-0.4, -0.2) is 97.9 Å². The van der Waals surface area contributed by atoms with Gasteiger partial charge in [0.1, 0.15) is 6.61 Å². The number of esters is 1. The summed E-state index contributed by atoms with van der Waals surface area (Å²) in [5.41, 5.74) is 11.4. The van der Waals surface area contributed by atoms with Crippen molar-refractivity contribution in [2.24, 2.45) is 76.1 Å². The summed E-state index contributed by atoms with van der Waals surface area (Å²) in [5.74, 6) is 50.9. The number of nitrogens with one attached hydrogen (secondary N) is 3. The maximum Gasteiger partial charge on any atom is 0.302 e. The number of azide groups is 1. The predicted octanol–water partition coefficient (Wildman–Crippen LogP) is 12.5. The first-order chi connectivity index (χ1) is 45.6. The van der Waals surface area contributed by atoms with Gasteiger partial charge in [0.15, 0.2) is 0 Å². The van der Waals surface area contributed by atoms with Crippen LogP contribution in [0.3, 0.4) is 0 Å². The van der Waals surface area contributed by atoms with E-state index < -0.39 is 0 Å². The lowest BCUT2D eigenvalue weighted by atomic mass is 10.0. The lowest BCUT2D eigenvalue weighted by Crippen LogP contribution is -2.29. The van der Waals surface area contributed by atoms with E-state index in [1.807, 2.05) is 68.6 Å². The molecule has 2 aromatic carbocycles. The van der Waals surface area contributed by atoms with Crippen LogP contribution in [0.2, 0.25) is 0 Å². The summed E-state index contributed by atoms with van der Waals surface area (Å²) in [7, 11) is 7.25. The fourth-order valence-electron chi connectivity index (χ4n) is 12.7. The minimum atomic E-state index is -0.218. The van der Waals surface area contributed by atoms with Gasteiger partial charge in [-0.2, -0.15) is 0 Å². The number of ether oxygens (including phenoxy) is 3. The fourth-order valence-corrected chi connectivity index (χ4v) is 12.7. The van der Waals surface area contributed by atoms with E-state index in [1.54, 1.807) is 39.7 Å². The van der Waals surface area contributed by atoms with Crippen molar-refractivity contribution < 1.29 is 33.4 Å². The highest BCUT2D eigenvalue weighted by molar-refractivity contribution is 5.93. The predicted molar refractivity (Wildman–Crippen MR) is 381 cm³/mol. The highest BCUT2D eigenvalue weighted by Gasteiger charge is 2.51. The van der Waals surface area contributed by atoms with Gasteiger partial charge in [0.05, 0.1) is 25.4 Å². The second-order valence-corrected chi connectivity index (χ2v) is 23.9. The smallest absolute Gasteiger partial charge is 0.302 e. The van der Waals surface area contributed by atoms with Crippen molar-refractivity contribution in [2.45, 2.75) is 151 Å². The summed E-state index contributed by atoms with van der Waals surface area (Å²) < 4.78 is 14.7. The summed E-state index contributed by atoms with van der Waals surface area (Å²) in [6, 6.07) is 15.7. The number of para-hydroxylation sites is 1. The Bertz CT molecular complexity index is 3010. The Morgan fingerprint density at radius 1 is 0.596 bits per heavy atom. The average molecular weight is 1280 g/mol. The zero-order chi connectivity index (χ0) is 69.3. The van der Waals surface area contributed by atoms with Crippen LogP contribution in [0.15, 0.2) is 53.6 Å². The molecule has 14 nitrogen and oxygen atoms in total. The van der Waals surface area contributed by atoms with Crippen LogP contribution in [0.25, 0.3) is 10.4 Å². The highest BCUT2D eigenvalue weighted by Crippen LogP contribution is 2.54. The molecule has 9 aliphatic rings. The molecule has 1 aliphatic heterocycles. The Kier molecular flexibility index (Phi) is 43.7. The molecule has 4 fully saturated rings. The molecule has 0 bridgehead atoms. The van der Waals surface area contributed by atoms with E-state index in [0.717, 1.165) is 152 Å². The minimum Gasteiger partial charge on any atom is -0.466 e. The second-order valence-electron chi connectivity index (χ2n) is 23.9. The number of carbonyl (C=O) groups is 4. The number of anilines is 1. The third-order valence-corrected chi connectivity index (χ3v) is 17.4. The molecule has 14 heteroatoms. The molecular weight excluding hydrogens is 1170 g/mol.